The Bertz CT molecular complexity index is 2430. The van der Waals surface area contributed by atoms with Crippen molar-refractivity contribution >= 4 is 17.9 Å². The van der Waals surface area contributed by atoms with Gasteiger partial charge in [0.1, 0.15) is 61.0 Å². The van der Waals surface area contributed by atoms with Crippen LogP contribution in [0.25, 0.3) is 0 Å². The van der Waals surface area contributed by atoms with E-state index in [1.165, 1.54) is 19.9 Å². The summed E-state index contributed by atoms with van der Waals surface area (Å²) in [6.07, 6.45) is -20.8. The molecular weight excluding hydrogens is 1080 g/mol. The number of carbonyl (C=O) groups excluding carboxylic acids is 3. The van der Waals surface area contributed by atoms with Crippen LogP contribution < -0.4 is 0 Å². The Morgan fingerprint density at radius 3 is 1.84 bits per heavy atom. The number of allylic oxidation sites excluding steroid dienone is 4. The molecule has 0 radical (unpaired) electrons. The van der Waals surface area contributed by atoms with Crippen LogP contribution in [-0.2, 0) is 57.0 Å². The Kier molecular flexibility index (Phi) is 18.9. The number of fused-ring (bicyclic) bond motifs is 7. The molecular formula is C59H92O23. The molecule has 0 amide bonds. The number of esters is 3. The Labute approximate surface area is 479 Å². The van der Waals surface area contributed by atoms with Crippen LogP contribution in [0.15, 0.2) is 34.9 Å². The highest BCUT2D eigenvalue weighted by Crippen LogP contribution is 2.76. The first-order chi connectivity index (χ1) is 38.3. The highest BCUT2D eigenvalue weighted by atomic mass is 16.8. The van der Waals surface area contributed by atoms with E-state index in [1.807, 2.05) is 20.8 Å². The molecule has 0 aromatic rings. The number of rotatable bonds is 14. The van der Waals surface area contributed by atoms with Crippen molar-refractivity contribution in [3.63, 3.8) is 0 Å². The van der Waals surface area contributed by atoms with Gasteiger partial charge in [-0.25, -0.2) is 9.59 Å². The molecule has 8 rings (SSSR count). The monoisotopic (exact) mass is 1170 g/mol. The van der Waals surface area contributed by atoms with Crippen molar-refractivity contribution < 1.29 is 113 Å². The Morgan fingerprint density at radius 2 is 1.26 bits per heavy atom. The molecule has 82 heavy (non-hydrogen) atoms. The highest BCUT2D eigenvalue weighted by Gasteiger charge is 2.74. The third kappa shape index (κ3) is 10.6. The number of aliphatic hydroxyl groups excluding tert-OH is 11. The fraction of sp³-hybridized carbons (Fsp3) is 0.847. The zero-order valence-corrected chi connectivity index (χ0v) is 49.3. The lowest BCUT2D eigenvalue weighted by Crippen LogP contribution is -2.73. The summed E-state index contributed by atoms with van der Waals surface area (Å²) < 4.78 is 55.0. The van der Waals surface area contributed by atoms with E-state index >= 15 is 0 Å². The predicted molar refractivity (Wildman–Crippen MR) is 285 cm³/mol. The van der Waals surface area contributed by atoms with Gasteiger partial charge in [-0.3, -0.25) is 4.79 Å². The van der Waals surface area contributed by atoms with E-state index < -0.39 is 186 Å². The number of aliphatic hydroxyl groups is 11. The Balaban J connectivity index is 1.08. The summed E-state index contributed by atoms with van der Waals surface area (Å²) in [7, 11) is 0. The molecule has 23 heteroatoms. The number of hydrogen-bond acceptors (Lipinski definition) is 23. The van der Waals surface area contributed by atoms with Gasteiger partial charge in [0.25, 0.3) is 0 Å². The van der Waals surface area contributed by atoms with E-state index in [9.17, 15) is 70.6 Å². The molecule has 5 aliphatic carbocycles. The molecule has 23 nitrogen and oxygen atoms in total. The standard InChI is InChI=1S/C59H92O23/c1-13-26(3)48(71)78-43-28(5)74-52(42(70)44(43)79-49(72)27(4)14-2)81-46-47(75-29(6)63)59(25-62)31(21-54(46,7)8)30-15-16-34-55(9)19-18-36(56(10,24-61)33(55)17-20-57(34,11)58(30,12)22-35(59)64)77-53-45(39(67)40(68)50(73)82-53)80-51-41(69)38(66)37(65)32(23-60)76-51/h13-15,28,31-47,50-53,60-62,64-70,73H,16-25H2,1-12H3/t28-,31-,32+,33+,34+,35+,36-,37+,38-,39-,40-,41+,42-,43+,44-,45+,46-,47-,50-,51-,52+,53-,55-,56+,57+,58+,59-/m0/s1. The molecule has 0 aromatic carbocycles. The van der Waals surface area contributed by atoms with E-state index in [1.54, 1.807) is 33.8 Å². The van der Waals surface area contributed by atoms with Crippen LogP contribution >= 0.6 is 0 Å². The summed E-state index contributed by atoms with van der Waals surface area (Å²) in [6, 6.07) is 0. The lowest BCUT2D eigenvalue weighted by Gasteiger charge is -2.73. The molecule has 7 fully saturated rings. The largest absolute Gasteiger partial charge is 0.459 e. The third-order valence-electron chi connectivity index (χ3n) is 21.7. The molecule has 11 N–H and O–H groups in total. The van der Waals surface area contributed by atoms with Crippen LogP contribution in [0.4, 0.5) is 0 Å². The molecule has 0 unspecified atom stereocenters. The van der Waals surface area contributed by atoms with E-state index in [4.69, 9.17) is 42.6 Å². The first-order valence-corrected chi connectivity index (χ1v) is 29.1. The molecule has 27 atom stereocenters. The van der Waals surface area contributed by atoms with Gasteiger partial charge < -0.3 is 98.8 Å². The first-order valence-electron chi connectivity index (χ1n) is 29.1. The van der Waals surface area contributed by atoms with Crippen LogP contribution in [0.5, 0.6) is 0 Å². The van der Waals surface area contributed by atoms with Gasteiger partial charge in [0.15, 0.2) is 37.4 Å². The molecule has 3 aliphatic heterocycles. The van der Waals surface area contributed by atoms with Crippen molar-refractivity contribution in [2.75, 3.05) is 19.8 Å². The summed E-state index contributed by atoms with van der Waals surface area (Å²) in [6.45, 7) is 19.9. The van der Waals surface area contributed by atoms with Gasteiger partial charge >= 0.3 is 17.9 Å². The van der Waals surface area contributed by atoms with Crippen molar-refractivity contribution in [1.82, 2.24) is 0 Å². The maximum absolute atomic E-state index is 13.4. The SMILES string of the molecule is CC=C(C)C(=O)O[C@H]1[C@H](O)[C@@H](O[C@H]2[C@H](OC(C)=O)[C@]3(CO)[C@H](O)C[C@]4(C)C(=CC[C@@H]5[C@@]6(C)CC[C@H](O[C@H]7O[C@H](O)[C@@H](O)[C@H](O)[C@H]7O[C@@H]7O[C@H](CO)[C@@H](O)[C@H](O)[C@H]7O)[C@](C)(CO)[C@@H]6CC[C@]54C)[C@@H]3CC2(C)C)O[C@@H](C)[C@H]1OC(=O)C(C)=CC. The van der Waals surface area contributed by atoms with Gasteiger partial charge in [0.05, 0.1) is 43.5 Å². The Morgan fingerprint density at radius 1 is 0.634 bits per heavy atom. The maximum atomic E-state index is 13.4. The zero-order chi connectivity index (χ0) is 60.7. The molecule has 466 valence electrons. The maximum Gasteiger partial charge on any atom is 0.333 e. The smallest absolute Gasteiger partial charge is 0.333 e. The van der Waals surface area contributed by atoms with Gasteiger partial charge in [-0.2, -0.15) is 0 Å². The summed E-state index contributed by atoms with van der Waals surface area (Å²) in [5.41, 5.74) is -3.68. The van der Waals surface area contributed by atoms with Crippen molar-refractivity contribution in [3.05, 3.63) is 34.9 Å². The third-order valence-corrected chi connectivity index (χ3v) is 21.7. The molecule has 3 heterocycles. The minimum absolute atomic E-state index is 0.0484. The normalized spacial score (nSPS) is 49.4. The quantitative estimate of drug-likeness (QED) is 0.0381. The predicted octanol–water partition coefficient (Wildman–Crippen LogP) is 1.09. The van der Waals surface area contributed by atoms with Gasteiger partial charge in [-0.05, 0) is 119 Å². The summed E-state index contributed by atoms with van der Waals surface area (Å²) in [4.78, 5) is 39.9. The van der Waals surface area contributed by atoms with E-state index in [2.05, 4.69) is 26.8 Å². The van der Waals surface area contributed by atoms with Crippen LogP contribution in [0.1, 0.15) is 128 Å². The van der Waals surface area contributed by atoms with Crippen molar-refractivity contribution in [2.24, 2.45) is 50.2 Å². The summed E-state index contributed by atoms with van der Waals surface area (Å²) in [5.74, 6) is -3.03. The minimum Gasteiger partial charge on any atom is -0.459 e. The van der Waals surface area contributed by atoms with Crippen molar-refractivity contribution in [3.8, 4) is 0 Å². The van der Waals surface area contributed by atoms with Crippen molar-refractivity contribution in [1.29, 1.82) is 0 Å². The van der Waals surface area contributed by atoms with Gasteiger partial charge in [-0.15, -0.1) is 0 Å². The second-order valence-corrected chi connectivity index (χ2v) is 26.5. The fourth-order valence-electron chi connectivity index (χ4n) is 16.5. The number of carbonyl (C=O) groups is 3. The zero-order valence-electron chi connectivity index (χ0n) is 49.3. The second-order valence-electron chi connectivity index (χ2n) is 26.5. The fourth-order valence-corrected chi connectivity index (χ4v) is 16.5. The van der Waals surface area contributed by atoms with Crippen LogP contribution in [0.2, 0.25) is 0 Å². The van der Waals surface area contributed by atoms with Gasteiger partial charge in [-0.1, -0.05) is 65.3 Å². The first kappa shape index (κ1) is 64.9. The Hall–Kier alpha value is -3.05. The number of ether oxygens (including phenoxy) is 9. The number of hydrogen-bond donors (Lipinski definition) is 11. The summed E-state index contributed by atoms with van der Waals surface area (Å²) in [5, 5.41) is 123. The average Bonchev–Trinajstić information content (AvgIpc) is 2.87. The molecule has 4 saturated carbocycles. The van der Waals surface area contributed by atoms with Crippen molar-refractivity contribution in [2.45, 2.75) is 245 Å². The van der Waals surface area contributed by atoms with Gasteiger partial charge in [0.2, 0.25) is 0 Å². The molecule has 0 aromatic heterocycles. The second kappa shape index (κ2) is 23.9. The average molecular weight is 1170 g/mol. The van der Waals surface area contributed by atoms with E-state index in [-0.39, 0.29) is 36.0 Å². The van der Waals surface area contributed by atoms with E-state index in [0.717, 1.165) is 5.57 Å². The minimum atomic E-state index is -1.95. The molecule has 8 aliphatic rings. The lowest BCUT2D eigenvalue weighted by atomic mass is 9.33. The topological polar surface area (TPSA) is 357 Å². The van der Waals surface area contributed by atoms with Crippen LogP contribution in [-0.4, -0.2) is 211 Å². The molecule has 3 saturated heterocycles. The van der Waals surface area contributed by atoms with E-state index in [0.29, 0.717) is 38.5 Å². The van der Waals surface area contributed by atoms with Gasteiger partial charge in [0, 0.05) is 23.5 Å². The summed E-state index contributed by atoms with van der Waals surface area (Å²) >= 11 is 0. The van der Waals surface area contributed by atoms with Crippen LogP contribution in [0.3, 0.4) is 0 Å². The highest BCUT2D eigenvalue weighted by molar-refractivity contribution is 5.88. The lowest BCUT2D eigenvalue weighted by molar-refractivity contribution is -0.396. The molecule has 0 spiro atoms. The molecule has 0 bridgehead atoms. The van der Waals surface area contributed by atoms with Crippen LogP contribution in [0, 0.1) is 50.2 Å².